The standard InChI is InChI=1S/C21H26N2O4S/c1-5-13-6-7-18-15(8-13)11-19(28-18)21(24)23-22-12-14-9-16(25-2)20(27-4)17(10-14)26-3/h9-13H,5-8H2,1-4H3,(H,23,24)/b22-12-/t13-/m1/s1. The number of ether oxygens (including phenoxy) is 3. The molecule has 1 N–H and O–H groups in total. The molecule has 0 unspecified atom stereocenters. The lowest BCUT2D eigenvalue weighted by Crippen LogP contribution is -2.16. The van der Waals surface area contributed by atoms with E-state index in [1.807, 2.05) is 6.07 Å². The maximum absolute atomic E-state index is 12.5. The van der Waals surface area contributed by atoms with E-state index < -0.39 is 0 Å². The Labute approximate surface area is 169 Å². The normalized spacial score (nSPS) is 15.9. The summed E-state index contributed by atoms with van der Waals surface area (Å²) in [6.45, 7) is 2.23. The van der Waals surface area contributed by atoms with Crippen LogP contribution in [-0.4, -0.2) is 33.5 Å². The van der Waals surface area contributed by atoms with E-state index in [1.165, 1.54) is 23.3 Å². The van der Waals surface area contributed by atoms with Gasteiger partial charge in [0.1, 0.15) is 0 Å². The number of rotatable bonds is 7. The van der Waals surface area contributed by atoms with Crippen LogP contribution < -0.4 is 19.6 Å². The van der Waals surface area contributed by atoms with E-state index in [4.69, 9.17) is 14.2 Å². The minimum absolute atomic E-state index is 0.184. The zero-order valence-electron chi connectivity index (χ0n) is 16.7. The molecule has 1 amide bonds. The number of hydrazone groups is 1. The van der Waals surface area contributed by atoms with E-state index in [9.17, 15) is 4.79 Å². The number of hydrogen-bond acceptors (Lipinski definition) is 6. The molecule has 0 radical (unpaired) electrons. The van der Waals surface area contributed by atoms with Crippen LogP contribution in [0.2, 0.25) is 0 Å². The number of carbonyl (C=O) groups excluding carboxylic acids is 1. The first-order valence-corrected chi connectivity index (χ1v) is 10.2. The van der Waals surface area contributed by atoms with Gasteiger partial charge in [-0.15, -0.1) is 11.3 Å². The van der Waals surface area contributed by atoms with E-state index >= 15 is 0 Å². The van der Waals surface area contributed by atoms with Crippen molar-refractivity contribution >= 4 is 23.5 Å². The first-order valence-electron chi connectivity index (χ1n) is 9.34. The number of methoxy groups -OCH3 is 3. The van der Waals surface area contributed by atoms with E-state index in [1.54, 1.807) is 51.0 Å². The van der Waals surface area contributed by atoms with Crippen LogP contribution in [0.1, 0.15) is 45.4 Å². The second-order valence-electron chi connectivity index (χ2n) is 6.73. The van der Waals surface area contributed by atoms with Crippen molar-refractivity contribution in [2.24, 2.45) is 11.0 Å². The number of carbonyl (C=O) groups is 1. The molecule has 0 saturated heterocycles. The molecular formula is C21H26N2O4S. The largest absolute Gasteiger partial charge is 0.493 e. The van der Waals surface area contributed by atoms with Crippen LogP contribution in [0, 0.1) is 5.92 Å². The van der Waals surface area contributed by atoms with Gasteiger partial charge in [-0.1, -0.05) is 13.3 Å². The van der Waals surface area contributed by atoms with Gasteiger partial charge in [0, 0.05) is 10.4 Å². The smallest absolute Gasteiger partial charge is 0.281 e. The molecule has 1 atom stereocenters. The van der Waals surface area contributed by atoms with Crippen molar-refractivity contribution in [2.45, 2.75) is 32.6 Å². The van der Waals surface area contributed by atoms with Crippen molar-refractivity contribution in [3.8, 4) is 17.2 Å². The molecule has 1 aliphatic carbocycles. The molecule has 0 spiro atoms. The molecule has 3 rings (SSSR count). The molecular weight excluding hydrogens is 376 g/mol. The predicted octanol–water partition coefficient (Wildman–Crippen LogP) is 4.05. The van der Waals surface area contributed by atoms with Crippen molar-refractivity contribution in [2.75, 3.05) is 21.3 Å². The Balaban J connectivity index is 1.70. The van der Waals surface area contributed by atoms with Crippen LogP contribution in [0.4, 0.5) is 0 Å². The Morgan fingerprint density at radius 2 is 1.93 bits per heavy atom. The Hall–Kier alpha value is -2.54. The number of hydrogen-bond donors (Lipinski definition) is 1. The fourth-order valence-electron chi connectivity index (χ4n) is 3.46. The Morgan fingerprint density at radius 3 is 2.54 bits per heavy atom. The van der Waals surface area contributed by atoms with Crippen LogP contribution in [-0.2, 0) is 12.8 Å². The highest BCUT2D eigenvalue weighted by Crippen LogP contribution is 2.37. The first-order chi connectivity index (χ1) is 13.6. The van der Waals surface area contributed by atoms with Gasteiger partial charge in [0.2, 0.25) is 5.75 Å². The van der Waals surface area contributed by atoms with E-state index in [-0.39, 0.29) is 5.91 Å². The maximum Gasteiger partial charge on any atom is 0.281 e. The number of nitrogens with zero attached hydrogens (tertiary/aromatic N) is 1. The summed E-state index contributed by atoms with van der Waals surface area (Å²) >= 11 is 1.58. The lowest BCUT2D eigenvalue weighted by atomic mass is 9.87. The average Bonchev–Trinajstić information content (AvgIpc) is 3.16. The zero-order chi connectivity index (χ0) is 20.1. The molecule has 7 heteroatoms. The lowest BCUT2D eigenvalue weighted by Gasteiger charge is -2.19. The Bertz CT molecular complexity index is 850. The van der Waals surface area contributed by atoms with Crippen molar-refractivity contribution in [3.05, 3.63) is 39.1 Å². The van der Waals surface area contributed by atoms with Gasteiger partial charge in [0.05, 0.1) is 32.4 Å². The molecule has 0 fully saturated rings. The lowest BCUT2D eigenvalue weighted by molar-refractivity contribution is 0.0959. The van der Waals surface area contributed by atoms with E-state index in [0.717, 1.165) is 24.3 Å². The van der Waals surface area contributed by atoms with Crippen LogP contribution >= 0.6 is 11.3 Å². The molecule has 150 valence electrons. The third kappa shape index (κ3) is 4.30. The van der Waals surface area contributed by atoms with Gasteiger partial charge in [-0.3, -0.25) is 4.79 Å². The first kappa shape index (κ1) is 20.2. The number of aryl methyl sites for hydroxylation is 1. The monoisotopic (exact) mass is 402 g/mol. The third-order valence-corrected chi connectivity index (χ3v) is 6.29. The fraction of sp³-hybridized carbons (Fsp3) is 0.429. The van der Waals surface area contributed by atoms with Crippen LogP contribution in [0.5, 0.6) is 17.2 Å². The molecule has 1 aromatic heterocycles. The number of fused-ring (bicyclic) bond motifs is 1. The van der Waals surface area contributed by atoms with Gasteiger partial charge in [-0.2, -0.15) is 5.10 Å². The molecule has 6 nitrogen and oxygen atoms in total. The van der Waals surface area contributed by atoms with Crippen molar-refractivity contribution in [1.82, 2.24) is 5.43 Å². The molecule has 2 aromatic rings. The third-order valence-electron chi connectivity index (χ3n) is 5.05. The van der Waals surface area contributed by atoms with Gasteiger partial charge >= 0.3 is 0 Å². The number of amides is 1. The molecule has 0 bridgehead atoms. The molecule has 28 heavy (non-hydrogen) atoms. The van der Waals surface area contributed by atoms with E-state index in [0.29, 0.717) is 22.1 Å². The average molecular weight is 403 g/mol. The van der Waals surface area contributed by atoms with E-state index in [2.05, 4.69) is 17.5 Å². The molecule has 1 heterocycles. The second kappa shape index (κ2) is 9.10. The Morgan fingerprint density at radius 1 is 1.21 bits per heavy atom. The number of nitrogens with one attached hydrogen (secondary N) is 1. The number of thiophene rings is 1. The van der Waals surface area contributed by atoms with Gasteiger partial charge in [-0.25, -0.2) is 5.43 Å². The van der Waals surface area contributed by atoms with Crippen molar-refractivity contribution < 1.29 is 19.0 Å². The zero-order valence-corrected chi connectivity index (χ0v) is 17.5. The van der Waals surface area contributed by atoms with Gasteiger partial charge in [-0.05, 0) is 48.9 Å². The van der Waals surface area contributed by atoms with Crippen molar-refractivity contribution in [1.29, 1.82) is 0 Å². The minimum Gasteiger partial charge on any atom is -0.493 e. The van der Waals surface area contributed by atoms with Crippen molar-refractivity contribution in [3.63, 3.8) is 0 Å². The van der Waals surface area contributed by atoms with Crippen LogP contribution in [0.25, 0.3) is 0 Å². The second-order valence-corrected chi connectivity index (χ2v) is 7.87. The van der Waals surface area contributed by atoms with Gasteiger partial charge < -0.3 is 14.2 Å². The highest BCUT2D eigenvalue weighted by Gasteiger charge is 2.22. The summed E-state index contributed by atoms with van der Waals surface area (Å²) in [4.78, 5) is 14.5. The molecule has 0 saturated carbocycles. The fourth-order valence-corrected chi connectivity index (χ4v) is 4.55. The predicted molar refractivity (Wildman–Crippen MR) is 111 cm³/mol. The van der Waals surface area contributed by atoms with Crippen LogP contribution in [0.15, 0.2) is 23.3 Å². The van der Waals surface area contributed by atoms with Crippen LogP contribution in [0.3, 0.4) is 0 Å². The minimum atomic E-state index is -0.184. The molecule has 1 aromatic carbocycles. The summed E-state index contributed by atoms with van der Waals surface area (Å²) in [7, 11) is 4.67. The maximum atomic E-state index is 12.5. The summed E-state index contributed by atoms with van der Waals surface area (Å²) in [6.07, 6.45) is 6.11. The highest BCUT2D eigenvalue weighted by atomic mass is 32.1. The summed E-state index contributed by atoms with van der Waals surface area (Å²) in [6, 6.07) is 5.56. The summed E-state index contributed by atoms with van der Waals surface area (Å²) in [5.74, 6) is 2.13. The molecule has 0 aliphatic heterocycles. The summed E-state index contributed by atoms with van der Waals surface area (Å²) < 4.78 is 16.0. The summed E-state index contributed by atoms with van der Waals surface area (Å²) in [5, 5.41) is 4.09. The quantitative estimate of drug-likeness (QED) is 0.560. The summed E-state index contributed by atoms with van der Waals surface area (Å²) in [5.41, 5.74) is 4.66. The topological polar surface area (TPSA) is 69.2 Å². The SMILES string of the molecule is CC[C@@H]1CCc2sc(C(=O)N/N=C\c3cc(OC)c(OC)c(OC)c3)cc2C1. The van der Waals surface area contributed by atoms with Gasteiger partial charge in [0.15, 0.2) is 11.5 Å². The Kier molecular flexibility index (Phi) is 6.57. The van der Waals surface area contributed by atoms with Gasteiger partial charge in [0.25, 0.3) is 5.91 Å². The molecule has 1 aliphatic rings. The number of benzene rings is 1. The highest BCUT2D eigenvalue weighted by molar-refractivity contribution is 7.14.